The number of benzene rings is 1. The summed E-state index contributed by atoms with van der Waals surface area (Å²) >= 11 is 0. The van der Waals surface area contributed by atoms with E-state index in [2.05, 4.69) is 45.0 Å². The number of para-hydroxylation sites is 1. The number of nitrogens with zero attached hydrogens (tertiary/aromatic N) is 3. The first-order valence-electron chi connectivity index (χ1n) is 10.7. The predicted octanol–water partition coefficient (Wildman–Crippen LogP) is 4.00. The molecule has 1 aliphatic carbocycles. The summed E-state index contributed by atoms with van der Waals surface area (Å²) in [4.78, 5) is 8.22. The van der Waals surface area contributed by atoms with Gasteiger partial charge in [0.05, 0.1) is 0 Å². The van der Waals surface area contributed by atoms with Crippen molar-refractivity contribution >= 4 is 5.69 Å². The summed E-state index contributed by atoms with van der Waals surface area (Å²) in [7, 11) is 0. The van der Waals surface area contributed by atoms with Crippen LogP contribution in [0, 0.1) is 0 Å². The van der Waals surface area contributed by atoms with Crippen molar-refractivity contribution in [2.24, 2.45) is 0 Å². The van der Waals surface area contributed by atoms with Gasteiger partial charge in [-0.1, -0.05) is 43.9 Å². The lowest BCUT2D eigenvalue weighted by Gasteiger charge is -2.45. The number of hydrogen-bond donors (Lipinski definition) is 0. The Morgan fingerprint density at radius 3 is 2.00 bits per heavy atom. The third-order valence-electron chi connectivity index (χ3n) is 6.72. The Labute approximate surface area is 154 Å². The summed E-state index contributed by atoms with van der Waals surface area (Å²) in [6, 6.07) is 12.6. The maximum Gasteiger partial charge on any atom is 0.0367 e. The van der Waals surface area contributed by atoms with Gasteiger partial charge in [-0.3, -0.25) is 9.80 Å². The zero-order chi connectivity index (χ0) is 16.9. The fourth-order valence-electron chi connectivity index (χ4n) is 5.22. The van der Waals surface area contributed by atoms with Crippen LogP contribution in [0.1, 0.15) is 51.4 Å². The van der Waals surface area contributed by atoms with E-state index < -0.39 is 0 Å². The maximum atomic E-state index is 2.86. The summed E-state index contributed by atoms with van der Waals surface area (Å²) in [6.07, 6.45) is 11.6. The van der Waals surface area contributed by atoms with Gasteiger partial charge in [0.15, 0.2) is 0 Å². The second-order valence-electron chi connectivity index (χ2n) is 8.29. The van der Waals surface area contributed by atoms with Crippen LogP contribution >= 0.6 is 0 Å². The molecule has 3 fully saturated rings. The van der Waals surface area contributed by atoms with E-state index >= 15 is 0 Å². The molecule has 0 amide bonds. The Morgan fingerprint density at radius 1 is 0.600 bits per heavy atom. The summed E-state index contributed by atoms with van der Waals surface area (Å²) in [6.45, 7) is 7.52. The molecule has 1 unspecified atom stereocenters. The molecule has 1 atom stereocenters. The largest absolute Gasteiger partial charge is 0.369 e. The molecule has 4 rings (SSSR count). The van der Waals surface area contributed by atoms with Gasteiger partial charge in [-0.2, -0.15) is 0 Å². The third-order valence-corrected chi connectivity index (χ3v) is 6.72. The minimum absolute atomic E-state index is 0.801. The van der Waals surface area contributed by atoms with Crippen molar-refractivity contribution in [1.29, 1.82) is 0 Å². The molecule has 2 saturated heterocycles. The molecule has 2 aliphatic heterocycles. The molecule has 3 nitrogen and oxygen atoms in total. The minimum atomic E-state index is 0.801. The van der Waals surface area contributed by atoms with Gasteiger partial charge in [0.25, 0.3) is 0 Å². The molecular formula is C22H35N3. The van der Waals surface area contributed by atoms with Crippen LogP contribution in [0.3, 0.4) is 0 Å². The van der Waals surface area contributed by atoms with Crippen LogP contribution in [-0.4, -0.2) is 61.2 Å². The monoisotopic (exact) mass is 341 g/mol. The van der Waals surface area contributed by atoms with Crippen LogP contribution in [0.5, 0.6) is 0 Å². The topological polar surface area (TPSA) is 9.72 Å². The molecule has 1 aromatic carbocycles. The van der Waals surface area contributed by atoms with E-state index in [1.54, 1.807) is 0 Å². The first-order valence-corrected chi connectivity index (χ1v) is 10.7. The number of anilines is 1. The highest BCUT2D eigenvalue weighted by molar-refractivity contribution is 5.46. The fourth-order valence-corrected chi connectivity index (χ4v) is 5.22. The summed E-state index contributed by atoms with van der Waals surface area (Å²) in [5, 5.41) is 0. The molecule has 1 saturated carbocycles. The second kappa shape index (κ2) is 8.55. The van der Waals surface area contributed by atoms with Crippen LogP contribution in [0.2, 0.25) is 0 Å². The molecule has 0 bridgehead atoms. The number of piperazine rings is 1. The highest BCUT2D eigenvalue weighted by Crippen LogP contribution is 2.27. The highest BCUT2D eigenvalue weighted by atomic mass is 15.3. The summed E-state index contributed by atoms with van der Waals surface area (Å²) in [5.74, 6) is 0. The van der Waals surface area contributed by atoms with E-state index in [9.17, 15) is 0 Å². The van der Waals surface area contributed by atoms with Gasteiger partial charge in [-0.25, -0.2) is 0 Å². The summed E-state index contributed by atoms with van der Waals surface area (Å²) in [5.41, 5.74) is 1.39. The molecule has 3 heteroatoms. The lowest BCUT2D eigenvalue weighted by atomic mass is 9.98. The lowest BCUT2D eigenvalue weighted by Crippen LogP contribution is -2.56. The van der Waals surface area contributed by atoms with Gasteiger partial charge >= 0.3 is 0 Å². The molecule has 0 spiro atoms. The zero-order valence-corrected chi connectivity index (χ0v) is 15.8. The Hall–Kier alpha value is -1.06. The van der Waals surface area contributed by atoms with E-state index in [4.69, 9.17) is 0 Å². The van der Waals surface area contributed by atoms with E-state index in [-0.39, 0.29) is 0 Å². The van der Waals surface area contributed by atoms with Crippen molar-refractivity contribution < 1.29 is 0 Å². The molecule has 1 aromatic rings. The normalized spacial score (nSPS) is 28.0. The smallest absolute Gasteiger partial charge is 0.0367 e. The lowest BCUT2D eigenvalue weighted by molar-refractivity contribution is 0.0624. The number of piperidine rings is 1. The van der Waals surface area contributed by atoms with E-state index in [0.717, 1.165) is 12.1 Å². The van der Waals surface area contributed by atoms with Gasteiger partial charge < -0.3 is 4.90 Å². The van der Waals surface area contributed by atoms with Crippen LogP contribution in [0.4, 0.5) is 5.69 Å². The minimum Gasteiger partial charge on any atom is -0.369 e. The van der Waals surface area contributed by atoms with E-state index in [1.807, 2.05) is 0 Å². The Balaban J connectivity index is 1.30. The van der Waals surface area contributed by atoms with Crippen LogP contribution < -0.4 is 4.90 Å². The number of hydrogen-bond acceptors (Lipinski definition) is 3. The zero-order valence-electron chi connectivity index (χ0n) is 15.8. The molecule has 0 N–H and O–H groups in total. The van der Waals surface area contributed by atoms with Gasteiger partial charge in [-0.05, 0) is 44.4 Å². The molecule has 2 heterocycles. The predicted molar refractivity (Wildman–Crippen MR) is 106 cm³/mol. The molecule has 0 aromatic heterocycles. The van der Waals surface area contributed by atoms with Crippen molar-refractivity contribution in [3.05, 3.63) is 30.3 Å². The van der Waals surface area contributed by atoms with Crippen molar-refractivity contribution in [2.45, 2.75) is 63.5 Å². The van der Waals surface area contributed by atoms with Crippen molar-refractivity contribution in [3.8, 4) is 0 Å². The van der Waals surface area contributed by atoms with Gasteiger partial charge in [0.2, 0.25) is 0 Å². The Morgan fingerprint density at radius 2 is 1.28 bits per heavy atom. The van der Waals surface area contributed by atoms with Crippen molar-refractivity contribution in [2.75, 3.05) is 44.2 Å². The molecule has 25 heavy (non-hydrogen) atoms. The van der Waals surface area contributed by atoms with E-state index in [0.29, 0.717) is 0 Å². The average molecular weight is 342 g/mol. The van der Waals surface area contributed by atoms with Crippen LogP contribution in [-0.2, 0) is 0 Å². The number of likely N-dealkylation sites (tertiary alicyclic amines) is 1. The SMILES string of the molecule is c1ccc(N2CCN(C3CCCN(C4CCCCCC4)C3)CC2)cc1. The Bertz CT molecular complexity index is 501. The van der Waals surface area contributed by atoms with Gasteiger partial charge in [0.1, 0.15) is 0 Å². The molecular weight excluding hydrogens is 306 g/mol. The molecule has 3 aliphatic rings. The third kappa shape index (κ3) is 4.38. The second-order valence-corrected chi connectivity index (χ2v) is 8.29. The first kappa shape index (κ1) is 17.4. The van der Waals surface area contributed by atoms with Gasteiger partial charge in [0, 0.05) is 50.5 Å². The maximum absolute atomic E-state index is 2.86. The molecule has 0 radical (unpaired) electrons. The standard InChI is InChI=1S/C22H35N3/c1-2-5-12-21(11-4-1)25-14-8-13-22(19-25)24-17-15-23(16-18-24)20-9-6-3-7-10-20/h3,6-7,9-10,21-22H,1-2,4-5,8,11-19H2. The average Bonchev–Trinajstić information content (AvgIpc) is 2.99. The molecule has 138 valence electrons. The van der Waals surface area contributed by atoms with Crippen molar-refractivity contribution in [1.82, 2.24) is 9.80 Å². The number of rotatable bonds is 3. The summed E-state index contributed by atoms with van der Waals surface area (Å²) < 4.78 is 0. The first-order chi connectivity index (χ1) is 12.4. The highest BCUT2D eigenvalue weighted by Gasteiger charge is 2.31. The van der Waals surface area contributed by atoms with Gasteiger partial charge in [-0.15, -0.1) is 0 Å². The van der Waals surface area contributed by atoms with Crippen molar-refractivity contribution in [3.63, 3.8) is 0 Å². The fraction of sp³-hybridized carbons (Fsp3) is 0.727. The Kier molecular flexibility index (Phi) is 5.94. The van der Waals surface area contributed by atoms with Crippen LogP contribution in [0.25, 0.3) is 0 Å². The van der Waals surface area contributed by atoms with Crippen LogP contribution in [0.15, 0.2) is 30.3 Å². The van der Waals surface area contributed by atoms with E-state index in [1.165, 1.54) is 96.3 Å². The quantitative estimate of drug-likeness (QED) is 0.770.